The number of rotatable bonds is 6. The zero-order chi connectivity index (χ0) is 19.6. The number of aryl methyl sites for hydroxylation is 2. The van der Waals surface area contributed by atoms with Crippen LogP contribution in [0.2, 0.25) is 5.02 Å². The Hall–Kier alpha value is -2.02. The van der Waals surface area contributed by atoms with Gasteiger partial charge in [-0.15, -0.1) is 0 Å². The molecule has 142 valence electrons. The van der Waals surface area contributed by atoms with Gasteiger partial charge in [0.2, 0.25) is 0 Å². The fourth-order valence-electron chi connectivity index (χ4n) is 3.06. The molecule has 1 heterocycles. The van der Waals surface area contributed by atoms with Gasteiger partial charge in [0.25, 0.3) is 0 Å². The van der Waals surface area contributed by atoms with Crippen molar-refractivity contribution in [2.75, 3.05) is 12.4 Å². The number of hydrogen-bond acceptors (Lipinski definition) is 4. The number of benzene rings is 2. The number of nitrogens with zero attached hydrogens (tertiary/aromatic N) is 2. The Bertz CT molecular complexity index is 971. The van der Waals surface area contributed by atoms with E-state index in [1.807, 2.05) is 55.1 Å². The number of methoxy groups -OCH3 is 1. The van der Waals surface area contributed by atoms with Crippen molar-refractivity contribution >= 4 is 39.0 Å². The molecule has 3 rings (SSSR count). The SMILES string of the molecule is COc1ccc(Cc2c(C)nn(C)c2Nc2c(Br)cccc2CN)c(Cl)c1. The average molecular weight is 450 g/mol. The normalized spacial score (nSPS) is 10.9. The predicted octanol–water partition coefficient (Wildman–Crippen LogP) is 4.95. The molecule has 0 spiro atoms. The summed E-state index contributed by atoms with van der Waals surface area (Å²) in [6.45, 7) is 2.44. The van der Waals surface area contributed by atoms with Gasteiger partial charge in [0.05, 0.1) is 18.5 Å². The van der Waals surface area contributed by atoms with E-state index in [-0.39, 0.29) is 0 Å². The second-order valence-corrected chi connectivity index (χ2v) is 7.53. The van der Waals surface area contributed by atoms with Gasteiger partial charge in [0.1, 0.15) is 11.6 Å². The Morgan fingerprint density at radius 2 is 2.04 bits per heavy atom. The molecule has 0 saturated heterocycles. The monoisotopic (exact) mass is 448 g/mol. The molecule has 0 radical (unpaired) electrons. The van der Waals surface area contributed by atoms with Crippen LogP contribution in [0.15, 0.2) is 40.9 Å². The molecule has 0 aliphatic heterocycles. The molecule has 0 saturated carbocycles. The molecule has 0 fully saturated rings. The van der Waals surface area contributed by atoms with Crippen molar-refractivity contribution in [2.45, 2.75) is 19.9 Å². The summed E-state index contributed by atoms with van der Waals surface area (Å²) in [6, 6.07) is 11.7. The molecular formula is C20H22BrClN4O. The summed E-state index contributed by atoms with van der Waals surface area (Å²) in [5.41, 5.74) is 10.9. The molecule has 0 unspecified atom stereocenters. The smallest absolute Gasteiger partial charge is 0.132 e. The summed E-state index contributed by atoms with van der Waals surface area (Å²) in [7, 11) is 3.55. The highest BCUT2D eigenvalue weighted by Crippen LogP contribution is 2.33. The number of aromatic nitrogens is 2. The third-order valence-electron chi connectivity index (χ3n) is 4.54. The Morgan fingerprint density at radius 3 is 2.70 bits per heavy atom. The molecule has 1 aromatic heterocycles. The first-order chi connectivity index (χ1) is 12.9. The standard InChI is InChI=1S/C20H22BrClN4O/c1-12-16(9-13-7-8-15(27-3)10-18(13)22)20(26(2)25-12)24-19-14(11-23)5-4-6-17(19)21/h4-8,10,24H,9,11,23H2,1-3H3. The zero-order valence-electron chi connectivity index (χ0n) is 15.5. The third kappa shape index (κ3) is 4.13. The van der Waals surface area contributed by atoms with Crippen LogP contribution >= 0.6 is 27.5 Å². The molecule has 0 atom stereocenters. The van der Waals surface area contributed by atoms with E-state index in [0.29, 0.717) is 18.0 Å². The summed E-state index contributed by atoms with van der Waals surface area (Å²) in [6.07, 6.45) is 0.660. The van der Waals surface area contributed by atoms with E-state index in [4.69, 9.17) is 22.1 Å². The third-order valence-corrected chi connectivity index (χ3v) is 5.55. The maximum absolute atomic E-state index is 6.45. The largest absolute Gasteiger partial charge is 0.497 e. The minimum Gasteiger partial charge on any atom is -0.497 e. The Morgan fingerprint density at radius 1 is 1.26 bits per heavy atom. The van der Waals surface area contributed by atoms with Crippen molar-refractivity contribution in [3.8, 4) is 5.75 Å². The van der Waals surface area contributed by atoms with E-state index in [1.54, 1.807) is 7.11 Å². The van der Waals surface area contributed by atoms with Gasteiger partial charge in [-0.05, 0) is 52.2 Å². The number of anilines is 2. The second-order valence-electron chi connectivity index (χ2n) is 6.27. The molecule has 3 N–H and O–H groups in total. The summed E-state index contributed by atoms with van der Waals surface area (Å²) in [5, 5.41) is 8.78. The number of ether oxygens (including phenoxy) is 1. The Balaban J connectivity index is 2.00. The highest BCUT2D eigenvalue weighted by molar-refractivity contribution is 9.10. The average Bonchev–Trinajstić information content (AvgIpc) is 2.91. The second kappa shape index (κ2) is 8.33. The lowest BCUT2D eigenvalue weighted by Crippen LogP contribution is -2.07. The highest BCUT2D eigenvalue weighted by atomic mass is 79.9. The van der Waals surface area contributed by atoms with E-state index in [2.05, 4.69) is 26.3 Å². The quantitative estimate of drug-likeness (QED) is 0.559. The number of nitrogens with two attached hydrogens (primary N) is 1. The van der Waals surface area contributed by atoms with Crippen LogP contribution in [0.3, 0.4) is 0 Å². The number of nitrogens with one attached hydrogen (secondary N) is 1. The fourth-order valence-corrected chi connectivity index (χ4v) is 3.80. The lowest BCUT2D eigenvalue weighted by molar-refractivity contribution is 0.414. The molecule has 27 heavy (non-hydrogen) atoms. The van der Waals surface area contributed by atoms with Crippen LogP contribution in [-0.2, 0) is 20.0 Å². The molecular weight excluding hydrogens is 428 g/mol. The minimum atomic E-state index is 0.443. The Kier molecular flexibility index (Phi) is 6.09. The number of hydrogen-bond donors (Lipinski definition) is 2. The van der Waals surface area contributed by atoms with Gasteiger partial charge in [-0.1, -0.05) is 29.8 Å². The summed E-state index contributed by atoms with van der Waals surface area (Å²) in [4.78, 5) is 0. The van der Waals surface area contributed by atoms with Crippen molar-refractivity contribution in [3.63, 3.8) is 0 Å². The molecule has 3 aromatic rings. The predicted molar refractivity (Wildman–Crippen MR) is 114 cm³/mol. The molecule has 0 bridgehead atoms. The number of para-hydroxylation sites is 1. The zero-order valence-corrected chi connectivity index (χ0v) is 17.9. The van der Waals surface area contributed by atoms with Gasteiger partial charge in [0, 0.05) is 35.1 Å². The molecule has 0 aliphatic carbocycles. The van der Waals surface area contributed by atoms with Crippen molar-refractivity contribution in [3.05, 3.63) is 68.3 Å². The van der Waals surface area contributed by atoms with Gasteiger partial charge in [-0.3, -0.25) is 4.68 Å². The van der Waals surface area contributed by atoms with E-state index in [9.17, 15) is 0 Å². The van der Waals surface area contributed by atoms with E-state index >= 15 is 0 Å². The summed E-state index contributed by atoms with van der Waals surface area (Å²) in [5.74, 6) is 1.66. The van der Waals surface area contributed by atoms with Crippen LogP contribution in [0.5, 0.6) is 5.75 Å². The first kappa shape index (κ1) is 19.7. The highest BCUT2D eigenvalue weighted by Gasteiger charge is 2.17. The van der Waals surface area contributed by atoms with Crippen LogP contribution in [0.4, 0.5) is 11.5 Å². The van der Waals surface area contributed by atoms with Gasteiger partial charge >= 0.3 is 0 Å². The van der Waals surface area contributed by atoms with Crippen LogP contribution in [-0.4, -0.2) is 16.9 Å². The molecule has 5 nitrogen and oxygen atoms in total. The summed E-state index contributed by atoms with van der Waals surface area (Å²) < 4.78 is 8.04. The first-order valence-corrected chi connectivity index (χ1v) is 9.71. The van der Waals surface area contributed by atoms with Gasteiger partial charge in [-0.2, -0.15) is 5.10 Å². The Labute approximate surface area is 172 Å². The number of halogens is 2. The van der Waals surface area contributed by atoms with Crippen molar-refractivity contribution in [1.82, 2.24) is 9.78 Å². The lowest BCUT2D eigenvalue weighted by atomic mass is 10.0. The van der Waals surface area contributed by atoms with Crippen LogP contribution < -0.4 is 15.8 Å². The lowest BCUT2D eigenvalue weighted by Gasteiger charge is -2.15. The van der Waals surface area contributed by atoms with Gasteiger partial charge in [-0.25, -0.2) is 0 Å². The van der Waals surface area contributed by atoms with Gasteiger partial charge < -0.3 is 15.8 Å². The van der Waals surface area contributed by atoms with Crippen molar-refractivity contribution < 1.29 is 4.74 Å². The maximum Gasteiger partial charge on any atom is 0.132 e. The molecule has 7 heteroatoms. The maximum atomic E-state index is 6.45. The van der Waals surface area contributed by atoms with Crippen molar-refractivity contribution in [1.29, 1.82) is 0 Å². The van der Waals surface area contributed by atoms with Crippen LogP contribution in [0, 0.1) is 6.92 Å². The van der Waals surface area contributed by atoms with E-state index < -0.39 is 0 Å². The first-order valence-electron chi connectivity index (χ1n) is 8.54. The molecule has 2 aromatic carbocycles. The van der Waals surface area contributed by atoms with Crippen molar-refractivity contribution in [2.24, 2.45) is 12.8 Å². The molecule has 0 aliphatic rings. The van der Waals surface area contributed by atoms with E-state index in [1.165, 1.54) is 0 Å². The minimum absolute atomic E-state index is 0.443. The van der Waals surface area contributed by atoms with Gasteiger partial charge in [0.15, 0.2) is 0 Å². The summed E-state index contributed by atoms with van der Waals surface area (Å²) >= 11 is 10.1. The van der Waals surface area contributed by atoms with Crippen LogP contribution in [0.1, 0.15) is 22.4 Å². The van der Waals surface area contributed by atoms with Crippen LogP contribution in [0.25, 0.3) is 0 Å². The topological polar surface area (TPSA) is 65.1 Å². The fraction of sp³-hybridized carbons (Fsp3) is 0.250. The molecule has 0 amide bonds. The van der Waals surface area contributed by atoms with E-state index in [0.717, 1.165) is 44.1 Å².